The van der Waals surface area contributed by atoms with E-state index in [4.69, 9.17) is 9.47 Å². The van der Waals surface area contributed by atoms with Gasteiger partial charge in [-0.25, -0.2) is 4.79 Å². The number of carbonyl (C=O) groups is 5. The van der Waals surface area contributed by atoms with E-state index in [2.05, 4.69) is 16.0 Å². The minimum absolute atomic E-state index is 0.0159. The van der Waals surface area contributed by atoms with Gasteiger partial charge < -0.3 is 20.1 Å². The lowest BCUT2D eigenvalue weighted by molar-refractivity contribution is -0.137. The molecule has 37 heavy (non-hydrogen) atoms. The van der Waals surface area contributed by atoms with E-state index in [0.717, 1.165) is 0 Å². The lowest BCUT2D eigenvalue weighted by atomic mass is 9.85. The first-order valence-corrected chi connectivity index (χ1v) is 12.5. The molecule has 1 heterocycles. The summed E-state index contributed by atoms with van der Waals surface area (Å²) in [6.07, 6.45) is -0.900. The molecule has 1 saturated heterocycles. The average Bonchev–Trinajstić information content (AvgIpc) is 3.01. The van der Waals surface area contributed by atoms with E-state index in [1.807, 2.05) is 13.8 Å². The van der Waals surface area contributed by atoms with E-state index in [1.165, 1.54) is 6.92 Å². The molecule has 1 unspecified atom stereocenters. The second-order valence-corrected chi connectivity index (χ2v) is 10.9. The average molecular weight is 518 g/mol. The quantitative estimate of drug-likeness (QED) is 0.320. The number of Topliss-reactive ketones (excluding diaryl/α,β-unsaturated/α-hetero) is 1. The van der Waals surface area contributed by atoms with Gasteiger partial charge in [0.05, 0.1) is 30.5 Å². The number of hydrogen-bond acceptors (Lipinski definition) is 7. The van der Waals surface area contributed by atoms with Crippen molar-refractivity contribution in [2.45, 2.75) is 85.6 Å². The minimum Gasteiger partial charge on any atom is -0.491 e. The van der Waals surface area contributed by atoms with Crippen molar-refractivity contribution < 1.29 is 33.4 Å². The fourth-order valence-corrected chi connectivity index (χ4v) is 4.00. The van der Waals surface area contributed by atoms with Crippen LogP contribution in [0, 0.1) is 17.8 Å². The third-order valence-electron chi connectivity index (χ3n) is 5.77. The Hall–Kier alpha value is -3.43. The predicted octanol–water partition coefficient (Wildman–Crippen LogP) is 3.05. The number of alkyl carbamates (subject to hydrolysis) is 1. The van der Waals surface area contributed by atoms with Crippen molar-refractivity contribution in [3.63, 3.8) is 0 Å². The van der Waals surface area contributed by atoms with Gasteiger partial charge in [0.1, 0.15) is 17.3 Å². The largest absolute Gasteiger partial charge is 0.491 e. The van der Waals surface area contributed by atoms with E-state index in [-0.39, 0.29) is 18.4 Å². The van der Waals surface area contributed by atoms with E-state index in [1.54, 1.807) is 58.9 Å². The Labute approximate surface area is 218 Å². The van der Waals surface area contributed by atoms with Crippen molar-refractivity contribution in [2.24, 2.45) is 17.8 Å². The maximum absolute atomic E-state index is 13.2. The molecule has 2 rings (SSSR count). The SMILES string of the molecule is CC(C)Oc1ccc(C(CC(=O)N[C@H](C(=O)[C@@H]2C(=O)NC(=O)[C@H]2C)C(C)C)NC(=O)OC(C)(C)C)cc1. The summed E-state index contributed by atoms with van der Waals surface area (Å²) in [5.74, 6) is -3.87. The van der Waals surface area contributed by atoms with Gasteiger partial charge in [-0.3, -0.25) is 24.5 Å². The topological polar surface area (TPSA) is 140 Å². The van der Waals surface area contributed by atoms with Gasteiger partial charge in [0.25, 0.3) is 0 Å². The molecule has 0 aromatic heterocycles. The number of hydrogen-bond donors (Lipinski definition) is 3. The molecule has 10 heteroatoms. The summed E-state index contributed by atoms with van der Waals surface area (Å²) < 4.78 is 11.0. The monoisotopic (exact) mass is 517 g/mol. The third-order valence-corrected chi connectivity index (χ3v) is 5.77. The number of ketones is 1. The standard InChI is InChI=1S/C27H39N3O7/c1-14(2)22(23(32)21-16(5)24(33)30-25(21)34)29-20(31)13-19(28-26(35)37-27(6,7)8)17-9-11-18(12-10-17)36-15(3)4/h9-12,14-16,19,21-22H,13H2,1-8H3,(H,28,35)(H,29,31)(H,30,33,34)/t16-,19?,21+,22-/m0/s1. The summed E-state index contributed by atoms with van der Waals surface area (Å²) in [5.41, 5.74) is -0.101. The highest BCUT2D eigenvalue weighted by molar-refractivity contribution is 6.16. The molecule has 0 bridgehead atoms. The maximum atomic E-state index is 13.2. The molecule has 1 aromatic carbocycles. The Kier molecular flexibility index (Phi) is 9.83. The van der Waals surface area contributed by atoms with Crippen LogP contribution in [0.15, 0.2) is 24.3 Å². The number of rotatable bonds is 10. The Morgan fingerprint density at radius 2 is 1.57 bits per heavy atom. The molecule has 0 radical (unpaired) electrons. The number of amides is 4. The Bertz CT molecular complexity index is 1010. The van der Waals surface area contributed by atoms with Gasteiger partial charge in [-0.2, -0.15) is 0 Å². The molecule has 0 aliphatic carbocycles. The molecule has 10 nitrogen and oxygen atoms in total. The van der Waals surface area contributed by atoms with E-state index < -0.39 is 59.1 Å². The van der Waals surface area contributed by atoms with Crippen LogP contribution < -0.4 is 20.7 Å². The second-order valence-electron chi connectivity index (χ2n) is 10.9. The number of ether oxygens (including phenoxy) is 2. The van der Waals surface area contributed by atoms with Crippen LogP contribution >= 0.6 is 0 Å². The van der Waals surface area contributed by atoms with Crippen molar-refractivity contribution >= 4 is 29.6 Å². The van der Waals surface area contributed by atoms with E-state index in [9.17, 15) is 24.0 Å². The fraction of sp³-hybridized carbons (Fsp3) is 0.593. The van der Waals surface area contributed by atoms with E-state index >= 15 is 0 Å². The molecule has 4 amide bonds. The normalized spacial score (nSPS) is 19.3. The molecule has 0 saturated carbocycles. The summed E-state index contributed by atoms with van der Waals surface area (Å²) >= 11 is 0. The zero-order valence-electron chi connectivity index (χ0n) is 22.8. The molecule has 1 fully saturated rings. The van der Waals surface area contributed by atoms with E-state index in [0.29, 0.717) is 11.3 Å². The zero-order chi connectivity index (χ0) is 28.1. The fourth-order valence-electron chi connectivity index (χ4n) is 4.00. The molecule has 0 spiro atoms. The van der Waals surface area contributed by atoms with Crippen molar-refractivity contribution in [3.8, 4) is 5.75 Å². The van der Waals surface area contributed by atoms with Gasteiger partial charge >= 0.3 is 6.09 Å². The minimum atomic E-state index is -1.16. The molecule has 3 N–H and O–H groups in total. The zero-order valence-corrected chi connectivity index (χ0v) is 22.8. The van der Waals surface area contributed by atoms with Gasteiger partial charge in [-0.05, 0) is 58.2 Å². The number of benzene rings is 1. The lowest BCUT2D eigenvalue weighted by Crippen LogP contribution is -2.49. The smallest absolute Gasteiger partial charge is 0.408 e. The summed E-state index contributed by atoms with van der Waals surface area (Å²) in [4.78, 5) is 62.9. The molecular weight excluding hydrogens is 478 g/mol. The van der Waals surface area contributed by atoms with Crippen molar-refractivity contribution in [2.75, 3.05) is 0 Å². The molecule has 1 aromatic rings. The van der Waals surface area contributed by atoms with Crippen LogP contribution in [0.3, 0.4) is 0 Å². The van der Waals surface area contributed by atoms with Crippen LogP contribution in [0.2, 0.25) is 0 Å². The van der Waals surface area contributed by atoms with Gasteiger partial charge in [0.15, 0.2) is 5.78 Å². The van der Waals surface area contributed by atoms with Gasteiger partial charge in [-0.1, -0.05) is 32.9 Å². The highest BCUT2D eigenvalue weighted by Gasteiger charge is 2.46. The molecule has 204 valence electrons. The van der Waals surface area contributed by atoms with Crippen molar-refractivity contribution in [3.05, 3.63) is 29.8 Å². The summed E-state index contributed by atoms with van der Waals surface area (Å²) in [5, 5.41) is 7.61. The highest BCUT2D eigenvalue weighted by atomic mass is 16.6. The molecule has 1 aliphatic rings. The van der Waals surface area contributed by atoms with Crippen LogP contribution in [0.1, 0.15) is 73.4 Å². The summed E-state index contributed by atoms with van der Waals surface area (Å²) in [6.45, 7) is 14.0. The number of imide groups is 1. The maximum Gasteiger partial charge on any atom is 0.408 e. The van der Waals surface area contributed by atoms with Crippen LogP contribution in [0.5, 0.6) is 5.75 Å². The molecule has 1 aliphatic heterocycles. The number of carbonyl (C=O) groups excluding carboxylic acids is 5. The van der Waals surface area contributed by atoms with Gasteiger partial charge in [0.2, 0.25) is 17.7 Å². The Balaban J connectivity index is 2.22. The number of nitrogens with one attached hydrogen (secondary N) is 3. The first kappa shape index (κ1) is 29.8. The summed E-state index contributed by atoms with van der Waals surface area (Å²) in [7, 11) is 0. The predicted molar refractivity (Wildman–Crippen MR) is 137 cm³/mol. The van der Waals surface area contributed by atoms with Gasteiger partial charge in [-0.15, -0.1) is 0 Å². The Morgan fingerprint density at radius 3 is 2.03 bits per heavy atom. The second kappa shape index (κ2) is 12.2. The van der Waals surface area contributed by atoms with Gasteiger partial charge in [0, 0.05) is 0 Å². The molecular formula is C27H39N3O7. The first-order chi connectivity index (χ1) is 17.1. The lowest BCUT2D eigenvalue weighted by Gasteiger charge is -2.27. The van der Waals surface area contributed by atoms with Crippen molar-refractivity contribution in [1.29, 1.82) is 0 Å². The third kappa shape index (κ3) is 8.58. The molecule has 4 atom stereocenters. The summed E-state index contributed by atoms with van der Waals surface area (Å²) in [6, 6.07) is 5.23. The van der Waals surface area contributed by atoms with Crippen molar-refractivity contribution in [1.82, 2.24) is 16.0 Å². The highest BCUT2D eigenvalue weighted by Crippen LogP contribution is 2.25. The first-order valence-electron chi connectivity index (χ1n) is 12.5. The van der Waals surface area contributed by atoms with Crippen LogP contribution in [-0.2, 0) is 23.9 Å². The van der Waals surface area contributed by atoms with Crippen LogP contribution in [-0.4, -0.2) is 47.3 Å². The van der Waals surface area contributed by atoms with Crippen LogP contribution in [0.25, 0.3) is 0 Å². The van der Waals surface area contributed by atoms with Crippen LogP contribution in [0.4, 0.5) is 4.79 Å². The Morgan fingerprint density at radius 1 is 0.973 bits per heavy atom.